The fraction of sp³-hybridized carbons (Fsp3) is 0.310. The van der Waals surface area contributed by atoms with E-state index in [2.05, 4.69) is 6.08 Å². The van der Waals surface area contributed by atoms with E-state index in [1.165, 1.54) is 6.07 Å². The van der Waals surface area contributed by atoms with Gasteiger partial charge in [0.15, 0.2) is 11.6 Å². The second-order valence-corrected chi connectivity index (χ2v) is 8.65. The van der Waals surface area contributed by atoms with Gasteiger partial charge in [-0.05, 0) is 54.5 Å². The topological polar surface area (TPSA) is 9.23 Å². The minimum Gasteiger partial charge on any atom is -0.373 e. The molecule has 0 amide bonds. The monoisotopic (exact) mass is 450 g/mol. The number of aryl methyl sites for hydroxylation is 1. The molecule has 1 saturated heterocycles. The molecule has 1 aliphatic rings. The summed E-state index contributed by atoms with van der Waals surface area (Å²) in [6, 6.07) is 15.6. The van der Waals surface area contributed by atoms with Gasteiger partial charge >= 0.3 is 0 Å². The Morgan fingerprint density at radius 2 is 1.61 bits per heavy atom. The van der Waals surface area contributed by atoms with Gasteiger partial charge in [-0.1, -0.05) is 74.0 Å². The molecular formula is C29H29F3O. The number of halogens is 3. The predicted molar refractivity (Wildman–Crippen MR) is 127 cm³/mol. The highest BCUT2D eigenvalue weighted by Crippen LogP contribution is 2.35. The van der Waals surface area contributed by atoms with E-state index in [0.717, 1.165) is 30.4 Å². The average Bonchev–Trinajstić information content (AvgIpc) is 2.83. The summed E-state index contributed by atoms with van der Waals surface area (Å²) in [6.45, 7) is 4.53. The molecule has 172 valence electrons. The highest BCUT2D eigenvalue weighted by atomic mass is 19.2. The summed E-state index contributed by atoms with van der Waals surface area (Å²) in [5, 5.41) is 0. The maximum Gasteiger partial charge on any atom is 0.166 e. The molecule has 3 aromatic rings. The van der Waals surface area contributed by atoms with Crippen LogP contribution < -0.4 is 0 Å². The van der Waals surface area contributed by atoms with Crippen molar-refractivity contribution in [1.82, 2.24) is 0 Å². The maximum absolute atomic E-state index is 14.9. The second kappa shape index (κ2) is 10.4. The molecule has 0 bridgehead atoms. The van der Waals surface area contributed by atoms with Crippen molar-refractivity contribution < 1.29 is 17.9 Å². The van der Waals surface area contributed by atoms with E-state index in [-0.39, 0.29) is 17.5 Å². The first-order chi connectivity index (χ1) is 16.0. The molecule has 2 unspecified atom stereocenters. The van der Waals surface area contributed by atoms with Gasteiger partial charge in [-0.15, -0.1) is 0 Å². The van der Waals surface area contributed by atoms with Crippen LogP contribution in [0, 0.1) is 23.4 Å². The fourth-order valence-electron chi connectivity index (χ4n) is 4.53. The number of rotatable bonds is 6. The molecule has 0 radical (unpaired) electrons. The Hall–Kier alpha value is -2.85. The molecule has 33 heavy (non-hydrogen) atoms. The van der Waals surface area contributed by atoms with E-state index in [0.29, 0.717) is 35.6 Å². The van der Waals surface area contributed by atoms with E-state index in [1.807, 2.05) is 26.0 Å². The Kier molecular flexibility index (Phi) is 7.34. The highest BCUT2D eigenvalue weighted by Gasteiger charge is 2.24. The van der Waals surface area contributed by atoms with Crippen LogP contribution >= 0.6 is 0 Å². The summed E-state index contributed by atoms with van der Waals surface area (Å²) in [6.07, 6.45) is 6.97. The molecule has 0 saturated carbocycles. The summed E-state index contributed by atoms with van der Waals surface area (Å²) in [5.74, 6) is -1.50. The third kappa shape index (κ3) is 5.06. The van der Waals surface area contributed by atoms with Crippen molar-refractivity contribution in [3.63, 3.8) is 0 Å². The zero-order chi connectivity index (χ0) is 23.4. The fourth-order valence-corrected chi connectivity index (χ4v) is 4.53. The van der Waals surface area contributed by atoms with E-state index < -0.39 is 11.6 Å². The lowest BCUT2D eigenvalue weighted by molar-refractivity contribution is -0.00711. The normalized spacial score (nSPS) is 18.7. The largest absolute Gasteiger partial charge is 0.373 e. The van der Waals surface area contributed by atoms with Crippen LogP contribution in [0.4, 0.5) is 13.2 Å². The number of hydrogen-bond acceptors (Lipinski definition) is 1. The first-order valence-electron chi connectivity index (χ1n) is 11.6. The van der Waals surface area contributed by atoms with E-state index >= 15 is 0 Å². The van der Waals surface area contributed by atoms with Crippen LogP contribution in [-0.2, 0) is 11.2 Å². The Morgan fingerprint density at radius 3 is 2.24 bits per heavy atom. The van der Waals surface area contributed by atoms with Gasteiger partial charge < -0.3 is 4.74 Å². The van der Waals surface area contributed by atoms with E-state index in [9.17, 15) is 13.2 Å². The van der Waals surface area contributed by atoms with E-state index in [4.69, 9.17) is 4.74 Å². The third-order valence-electron chi connectivity index (χ3n) is 6.33. The van der Waals surface area contributed by atoms with Crippen molar-refractivity contribution in [3.8, 4) is 22.3 Å². The van der Waals surface area contributed by atoms with Gasteiger partial charge in [-0.25, -0.2) is 13.2 Å². The van der Waals surface area contributed by atoms with Crippen LogP contribution in [0.3, 0.4) is 0 Å². The second-order valence-electron chi connectivity index (χ2n) is 8.65. The lowest BCUT2D eigenvalue weighted by atomic mass is 9.92. The van der Waals surface area contributed by atoms with Crippen molar-refractivity contribution in [2.24, 2.45) is 5.92 Å². The minimum atomic E-state index is -0.826. The molecule has 4 rings (SSSR count). The first kappa shape index (κ1) is 23.3. The summed E-state index contributed by atoms with van der Waals surface area (Å²) in [4.78, 5) is 0. The molecule has 3 aromatic carbocycles. The molecule has 0 N–H and O–H groups in total. The first-order valence-corrected chi connectivity index (χ1v) is 11.6. The smallest absolute Gasteiger partial charge is 0.166 e. The minimum absolute atomic E-state index is 0.225. The van der Waals surface area contributed by atoms with Gasteiger partial charge in [0.25, 0.3) is 0 Å². The Bertz CT molecular complexity index is 1130. The highest BCUT2D eigenvalue weighted by molar-refractivity contribution is 5.71. The maximum atomic E-state index is 14.9. The van der Waals surface area contributed by atoms with Gasteiger partial charge in [-0.3, -0.25) is 0 Å². The Labute approximate surface area is 193 Å². The quantitative estimate of drug-likeness (QED) is 0.342. The summed E-state index contributed by atoms with van der Waals surface area (Å²) >= 11 is 0. The Morgan fingerprint density at radius 1 is 0.879 bits per heavy atom. The van der Waals surface area contributed by atoms with Gasteiger partial charge in [0.2, 0.25) is 0 Å². The summed E-state index contributed by atoms with van der Waals surface area (Å²) < 4.78 is 49.8. The average molecular weight is 451 g/mol. The molecule has 1 heterocycles. The third-order valence-corrected chi connectivity index (χ3v) is 6.33. The number of allylic oxidation sites excluding steroid dienone is 1. The standard InChI is InChI=1S/C29H29F3O/c1-3-5-19-7-16-27(33-18-19)25-15-13-23(17-26(25)30)20-8-10-21(11-9-20)24-14-12-22(6-4-2)28(31)29(24)32/h3,5,8-15,17,19,27H,4,6-7,16,18H2,1-2H3/b5-3+. The number of hydrogen-bond donors (Lipinski definition) is 0. The van der Waals surface area contributed by atoms with Crippen molar-refractivity contribution in [1.29, 1.82) is 0 Å². The van der Waals surface area contributed by atoms with Gasteiger partial charge in [-0.2, -0.15) is 0 Å². The molecule has 0 aliphatic carbocycles. The Balaban J connectivity index is 1.52. The zero-order valence-electron chi connectivity index (χ0n) is 19.1. The predicted octanol–water partition coefficient (Wildman–Crippen LogP) is 8.43. The molecule has 1 nitrogen and oxygen atoms in total. The molecular weight excluding hydrogens is 421 g/mol. The van der Waals surface area contributed by atoms with Crippen molar-refractivity contribution in [2.75, 3.05) is 6.61 Å². The summed E-state index contributed by atoms with van der Waals surface area (Å²) in [7, 11) is 0. The van der Waals surface area contributed by atoms with Crippen LogP contribution in [0.15, 0.2) is 66.7 Å². The number of benzene rings is 3. The van der Waals surface area contributed by atoms with Crippen LogP contribution in [0.2, 0.25) is 0 Å². The molecule has 1 fully saturated rings. The summed E-state index contributed by atoms with van der Waals surface area (Å²) in [5.41, 5.74) is 3.33. The molecule has 1 aliphatic heterocycles. The SMILES string of the molecule is C/C=C/C1CCC(c2ccc(-c3ccc(-c4ccc(CCC)c(F)c4F)cc3)cc2F)OC1. The lowest BCUT2D eigenvalue weighted by Crippen LogP contribution is -2.20. The zero-order valence-corrected chi connectivity index (χ0v) is 19.1. The van der Waals surface area contributed by atoms with Gasteiger partial charge in [0.05, 0.1) is 12.7 Å². The molecule has 4 heteroatoms. The van der Waals surface area contributed by atoms with Crippen LogP contribution in [0.5, 0.6) is 0 Å². The van der Waals surface area contributed by atoms with Crippen molar-refractivity contribution in [2.45, 2.75) is 45.6 Å². The molecule has 0 spiro atoms. The van der Waals surface area contributed by atoms with Crippen LogP contribution in [0.1, 0.15) is 50.3 Å². The molecule has 0 aromatic heterocycles. The number of ether oxygens (including phenoxy) is 1. The van der Waals surface area contributed by atoms with Crippen LogP contribution in [-0.4, -0.2) is 6.61 Å². The van der Waals surface area contributed by atoms with Crippen molar-refractivity contribution in [3.05, 3.63) is 95.3 Å². The lowest BCUT2D eigenvalue weighted by Gasteiger charge is -2.28. The van der Waals surface area contributed by atoms with Gasteiger partial charge in [0.1, 0.15) is 5.82 Å². The van der Waals surface area contributed by atoms with Crippen LogP contribution in [0.25, 0.3) is 22.3 Å². The van der Waals surface area contributed by atoms with Crippen molar-refractivity contribution >= 4 is 0 Å². The van der Waals surface area contributed by atoms with Gasteiger partial charge in [0, 0.05) is 17.0 Å². The van der Waals surface area contributed by atoms with E-state index in [1.54, 1.807) is 42.5 Å². The molecule has 2 atom stereocenters.